The molecule has 0 radical (unpaired) electrons. The fraction of sp³-hybridized carbons (Fsp3) is 0.652. The van der Waals surface area contributed by atoms with Gasteiger partial charge in [-0.15, -0.1) is 0 Å². The molecule has 1 fully saturated rings. The molecular formula is C23H38N4O4. The molecule has 31 heavy (non-hydrogen) atoms. The first-order valence-corrected chi connectivity index (χ1v) is 11.1. The minimum absolute atomic E-state index is 0.0191. The van der Waals surface area contributed by atoms with E-state index in [1.54, 1.807) is 21.3 Å². The first-order valence-electron chi connectivity index (χ1n) is 11.1. The summed E-state index contributed by atoms with van der Waals surface area (Å²) in [6, 6.07) is 6.22. The molecule has 8 heteroatoms. The summed E-state index contributed by atoms with van der Waals surface area (Å²) in [6.07, 6.45) is 5.81. The van der Waals surface area contributed by atoms with Crippen LogP contribution in [0.3, 0.4) is 0 Å². The van der Waals surface area contributed by atoms with Crippen LogP contribution in [0.15, 0.2) is 23.2 Å². The van der Waals surface area contributed by atoms with E-state index in [-0.39, 0.29) is 17.9 Å². The van der Waals surface area contributed by atoms with Crippen molar-refractivity contribution < 1.29 is 19.0 Å². The van der Waals surface area contributed by atoms with Crippen LogP contribution in [0.1, 0.15) is 44.6 Å². The number of ether oxygens (including phenoxy) is 3. The Morgan fingerprint density at radius 1 is 1.03 bits per heavy atom. The molecule has 1 aromatic carbocycles. The van der Waals surface area contributed by atoms with Gasteiger partial charge in [-0.1, -0.05) is 25.3 Å². The molecule has 0 heterocycles. The summed E-state index contributed by atoms with van der Waals surface area (Å²) < 4.78 is 15.9. The van der Waals surface area contributed by atoms with Crippen LogP contribution in [0.25, 0.3) is 0 Å². The third-order valence-corrected chi connectivity index (χ3v) is 5.75. The van der Waals surface area contributed by atoms with Gasteiger partial charge in [0.2, 0.25) is 5.91 Å². The van der Waals surface area contributed by atoms with Crippen LogP contribution in [-0.2, 0) is 14.9 Å². The van der Waals surface area contributed by atoms with Crippen LogP contribution in [0, 0.1) is 0 Å². The van der Waals surface area contributed by atoms with E-state index in [0.717, 1.165) is 37.4 Å². The van der Waals surface area contributed by atoms with E-state index in [9.17, 15) is 4.79 Å². The van der Waals surface area contributed by atoms with Gasteiger partial charge in [0, 0.05) is 32.2 Å². The predicted molar refractivity (Wildman–Crippen MR) is 123 cm³/mol. The fourth-order valence-corrected chi connectivity index (χ4v) is 4.06. The number of rotatable bonds is 11. The van der Waals surface area contributed by atoms with E-state index in [0.29, 0.717) is 19.1 Å². The van der Waals surface area contributed by atoms with Gasteiger partial charge < -0.3 is 30.2 Å². The number of benzene rings is 1. The molecule has 0 atom stereocenters. The highest BCUT2D eigenvalue weighted by Crippen LogP contribution is 2.42. The fourth-order valence-electron chi connectivity index (χ4n) is 4.06. The van der Waals surface area contributed by atoms with Crippen LogP contribution in [0.5, 0.6) is 11.5 Å². The number of hydrogen-bond donors (Lipinski definition) is 3. The van der Waals surface area contributed by atoms with Gasteiger partial charge >= 0.3 is 0 Å². The lowest BCUT2D eigenvalue weighted by Gasteiger charge is -2.38. The average molecular weight is 435 g/mol. The molecule has 3 N–H and O–H groups in total. The predicted octanol–water partition coefficient (Wildman–Crippen LogP) is 2.22. The molecule has 8 nitrogen and oxygen atoms in total. The molecule has 1 amide bonds. The molecule has 0 aliphatic heterocycles. The average Bonchev–Trinajstić information content (AvgIpc) is 2.81. The SMILES string of the molecule is CCNC(=NCC(=O)NCCOC)NCC1(c2ccc(OC)c(OC)c2)CCCCC1. The van der Waals surface area contributed by atoms with Crippen molar-refractivity contribution in [2.45, 2.75) is 44.4 Å². The van der Waals surface area contributed by atoms with E-state index in [2.05, 4.69) is 33.1 Å². The number of amides is 1. The molecule has 0 saturated heterocycles. The molecule has 0 bridgehead atoms. The highest BCUT2D eigenvalue weighted by atomic mass is 16.5. The van der Waals surface area contributed by atoms with Crippen LogP contribution in [0.4, 0.5) is 0 Å². The Morgan fingerprint density at radius 2 is 1.77 bits per heavy atom. The number of hydrogen-bond acceptors (Lipinski definition) is 5. The number of aliphatic imine (C=N–C) groups is 1. The quantitative estimate of drug-likeness (QED) is 0.281. The van der Waals surface area contributed by atoms with Crippen molar-refractivity contribution in [3.8, 4) is 11.5 Å². The molecule has 2 rings (SSSR count). The Morgan fingerprint density at radius 3 is 2.42 bits per heavy atom. The van der Waals surface area contributed by atoms with Gasteiger partial charge in [-0.3, -0.25) is 4.79 Å². The summed E-state index contributed by atoms with van der Waals surface area (Å²) in [7, 11) is 4.93. The smallest absolute Gasteiger partial charge is 0.241 e. The van der Waals surface area contributed by atoms with Crippen molar-refractivity contribution in [3.05, 3.63) is 23.8 Å². The third-order valence-electron chi connectivity index (χ3n) is 5.75. The molecule has 1 aromatic rings. The van der Waals surface area contributed by atoms with Gasteiger partial charge in [-0.05, 0) is 37.5 Å². The Hall–Kier alpha value is -2.48. The summed E-state index contributed by atoms with van der Waals surface area (Å²) >= 11 is 0. The lowest BCUT2D eigenvalue weighted by Crippen LogP contribution is -2.47. The van der Waals surface area contributed by atoms with E-state index in [1.165, 1.54) is 24.8 Å². The summed E-state index contributed by atoms with van der Waals surface area (Å²) in [6.45, 7) is 4.52. The van der Waals surface area contributed by atoms with E-state index in [4.69, 9.17) is 14.2 Å². The van der Waals surface area contributed by atoms with Crippen LogP contribution < -0.4 is 25.4 Å². The maximum atomic E-state index is 12.0. The second kappa shape index (κ2) is 13.0. The largest absolute Gasteiger partial charge is 0.493 e. The van der Waals surface area contributed by atoms with Crippen molar-refractivity contribution in [2.75, 3.05) is 54.1 Å². The summed E-state index contributed by atoms with van der Waals surface area (Å²) in [5, 5.41) is 9.52. The highest BCUT2D eigenvalue weighted by Gasteiger charge is 2.34. The molecule has 174 valence electrons. The van der Waals surface area contributed by atoms with Gasteiger partial charge in [-0.25, -0.2) is 4.99 Å². The summed E-state index contributed by atoms with van der Waals surface area (Å²) in [5.41, 5.74) is 1.22. The van der Waals surface area contributed by atoms with Crippen molar-refractivity contribution in [3.63, 3.8) is 0 Å². The first-order chi connectivity index (χ1) is 15.1. The topological polar surface area (TPSA) is 93.2 Å². The second-order valence-corrected chi connectivity index (χ2v) is 7.80. The maximum absolute atomic E-state index is 12.0. The normalized spacial score (nSPS) is 15.8. The number of nitrogens with zero attached hydrogens (tertiary/aromatic N) is 1. The van der Waals surface area contributed by atoms with E-state index >= 15 is 0 Å². The van der Waals surface area contributed by atoms with Crippen molar-refractivity contribution >= 4 is 11.9 Å². The van der Waals surface area contributed by atoms with Gasteiger partial charge in [0.1, 0.15) is 6.54 Å². The molecule has 0 spiro atoms. The molecule has 1 aliphatic rings. The highest BCUT2D eigenvalue weighted by molar-refractivity contribution is 5.84. The number of methoxy groups -OCH3 is 3. The molecular weight excluding hydrogens is 396 g/mol. The van der Waals surface area contributed by atoms with Gasteiger partial charge in [0.15, 0.2) is 17.5 Å². The zero-order chi connectivity index (χ0) is 22.5. The number of carbonyl (C=O) groups excluding carboxylic acids is 1. The van der Waals surface area contributed by atoms with Crippen LogP contribution >= 0.6 is 0 Å². The minimum Gasteiger partial charge on any atom is -0.493 e. The maximum Gasteiger partial charge on any atom is 0.241 e. The monoisotopic (exact) mass is 434 g/mol. The Balaban J connectivity index is 2.13. The van der Waals surface area contributed by atoms with Crippen molar-refractivity contribution in [2.24, 2.45) is 4.99 Å². The number of guanidine groups is 1. The lowest BCUT2D eigenvalue weighted by atomic mass is 9.69. The van der Waals surface area contributed by atoms with Gasteiger partial charge in [0.25, 0.3) is 0 Å². The molecule has 1 saturated carbocycles. The number of carbonyl (C=O) groups is 1. The van der Waals surface area contributed by atoms with Crippen LogP contribution in [0.2, 0.25) is 0 Å². The number of nitrogens with one attached hydrogen (secondary N) is 3. The molecule has 0 aromatic heterocycles. The minimum atomic E-state index is -0.124. The zero-order valence-electron chi connectivity index (χ0n) is 19.4. The lowest BCUT2D eigenvalue weighted by molar-refractivity contribution is -0.119. The summed E-state index contributed by atoms with van der Waals surface area (Å²) in [5.74, 6) is 2.01. The van der Waals surface area contributed by atoms with Gasteiger partial charge in [0.05, 0.1) is 20.8 Å². The zero-order valence-corrected chi connectivity index (χ0v) is 19.4. The first kappa shape index (κ1) is 24.8. The molecule has 0 unspecified atom stereocenters. The van der Waals surface area contributed by atoms with Crippen LogP contribution in [-0.4, -0.2) is 66.0 Å². The van der Waals surface area contributed by atoms with Gasteiger partial charge in [-0.2, -0.15) is 0 Å². The van der Waals surface area contributed by atoms with E-state index in [1.807, 2.05) is 13.0 Å². The Labute approximate surface area is 186 Å². The third kappa shape index (κ3) is 7.31. The Bertz CT molecular complexity index is 718. The van der Waals surface area contributed by atoms with Crippen molar-refractivity contribution in [1.29, 1.82) is 0 Å². The molecule has 1 aliphatic carbocycles. The summed E-state index contributed by atoms with van der Waals surface area (Å²) in [4.78, 5) is 16.5. The Kier molecular flexibility index (Phi) is 10.4. The standard InChI is InChI=1S/C23H38N4O4/c1-5-24-22(26-16-21(28)25-13-14-29-2)27-17-23(11-7-6-8-12-23)18-9-10-19(30-3)20(15-18)31-4/h9-10,15H,5-8,11-14,16-17H2,1-4H3,(H,25,28)(H2,24,26,27). The van der Waals surface area contributed by atoms with Crippen molar-refractivity contribution in [1.82, 2.24) is 16.0 Å². The van der Waals surface area contributed by atoms with E-state index < -0.39 is 0 Å². The second-order valence-electron chi connectivity index (χ2n) is 7.80.